The predicted octanol–water partition coefficient (Wildman–Crippen LogP) is 11.2. The van der Waals surface area contributed by atoms with Crippen molar-refractivity contribution in [3.05, 3.63) is 125 Å². The van der Waals surface area contributed by atoms with E-state index in [9.17, 15) is 0 Å². The molecule has 258 valence electrons. The molecule has 5 saturated carbocycles. The second kappa shape index (κ2) is 12.0. The van der Waals surface area contributed by atoms with Crippen LogP contribution < -0.4 is 5.46 Å². The molecular formula is C47H55BO2. The Morgan fingerprint density at radius 1 is 0.500 bits per heavy atom. The first-order valence-corrected chi connectivity index (χ1v) is 19.8. The maximum atomic E-state index is 6.33. The van der Waals surface area contributed by atoms with Gasteiger partial charge < -0.3 is 9.31 Å². The Labute approximate surface area is 301 Å². The number of fused-ring (bicyclic) bond motifs is 5. The molecule has 3 atom stereocenters. The van der Waals surface area contributed by atoms with E-state index in [0.29, 0.717) is 22.2 Å². The van der Waals surface area contributed by atoms with Crippen LogP contribution in [0.3, 0.4) is 0 Å². The van der Waals surface area contributed by atoms with Gasteiger partial charge in [0, 0.05) is 0 Å². The van der Waals surface area contributed by atoms with Crippen molar-refractivity contribution in [2.75, 3.05) is 0 Å². The van der Waals surface area contributed by atoms with Crippen LogP contribution in [-0.2, 0) is 25.6 Å². The smallest absolute Gasteiger partial charge is 0.399 e. The quantitative estimate of drug-likeness (QED) is 0.191. The van der Waals surface area contributed by atoms with Crippen molar-refractivity contribution in [2.24, 2.45) is 5.92 Å². The van der Waals surface area contributed by atoms with Crippen LogP contribution in [-0.4, -0.2) is 18.3 Å². The van der Waals surface area contributed by atoms with E-state index in [0.717, 1.165) is 11.4 Å². The fourth-order valence-corrected chi connectivity index (χ4v) is 11.2. The lowest BCUT2D eigenvalue weighted by Crippen LogP contribution is -2.46. The van der Waals surface area contributed by atoms with Gasteiger partial charge in [-0.1, -0.05) is 110 Å². The van der Waals surface area contributed by atoms with Crippen molar-refractivity contribution in [3.8, 4) is 11.1 Å². The molecule has 0 aromatic heterocycles. The van der Waals surface area contributed by atoms with Gasteiger partial charge in [0.05, 0.1) is 11.2 Å². The maximum absolute atomic E-state index is 6.33. The zero-order chi connectivity index (χ0) is 34.2. The summed E-state index contributed by atoms with van der Waals surface area (Å²) in [5.41, 5.74) is 10.6. The first-order valence-electron chi connectivity index (χ1n) is 19.8. The van der Waals surface area contributed by atoms with Crippen LogP contribution in [0.1, 0.15) is 133 Å². The monoisotopic (exact) mass is 662 g/mol. The highest BCUT2D eigenvalue weighted by Gasteiger charge is 2.52. The normalized spacial score (nSPS) is 32.6. The minimum Gasteiger partial charge on any atom is -0.399 e. The summed E-state index contributed by atoms with van der Waals surface area (Å²) < 4.78 is 12.7. The van der Waals surface area contributed by atoms with E-state index in [4.69, 9.17) is 9.31 Å². The van der Waals surface area contributed by atoms with Crippen molar-refractivity contribution < 1.29 is 9.31 Å². The lowest BCUT2D eigenvalue weighted by atomic mass is 9.50. The first kappa shape index (κ1) is 32.8. The van der Waals surface area contributed by atoms with Crippen molar-refractivity contribution in [1.82, 2.24) is 0 Å². The molecule has 4 bridgehead atoms. The van der Waals surface area contributed by atoms with E-state index < -0.39 is 0 Å². The Morgan fingerprint density at radius 3 is 1.54 bits per heavy atom. The summed E-state index contributed by atoms with van der Waals surface area (Å²) in [6, 6.07) is 40.2. The molecule has 1 heterocycles. The Kier molecular flexibility index (Phi) is 7.83. The number of benzene rings is 4. The molecular weight excluding hydrogens is 607 g/mol. The van der Waals surface area contributed by atoms with Crippen LogP contribution in [0.25, 0.3) is 11.1 Å². The molecule has 0 N–H and O–H groups in total. The average Bonchev–Trinajstić information content (AvgIpc) is 3.39. The Morgan fingerprint density at radius 2 is 1.00 bits per heavy atom. The third-order valence-electron chi connectivity index (χ3n) is 15.2. The van der Waals surface area contributed by atoms with Gasteiger partial charge in [-0.25, -0.2) is 0 Å². The zero-order valence-electron chi connectivity index (χ0n) is 30.8. The van der Waals surface area contributed by atoms with E-state index in [-0.39, 0.29) is 18.3 Å². The van der Waals surface area contributed by atoms with Crippen molar-refractivity contribution in [1.29, 1.82) is 0 Å². The van der Waals surface area contributed by atoms with Gasteiger partial charge in [-0.05, 0) is 165 Å². The van der Waals surface area contributed by atoms with E-state index in [2.05, 4.69) is 131 Å². The van der Waals surface area contributed by atoms with Crippen LogP contribution in [0.5, 0.6) is 0 Å². The van der Waals surface area contributed by atoms with Gasteiger partial charge in [0.1, 0.15) is 0 Å². The predicted molar refractivity (Wildman–Crippen MR) is 207 cm³/mol. The molecule has 0 amide bonds. The minimum atomic E-state index is -0.310. The highest BCUT2D eigenvalue weighted by Crippen LogP contribution is 2.59. The molecule has 4 aromatic carbocycles. The van der Waals surface area contributed by atoms with Crippen LogP contribution in [0.15, 0.2) is 103 Å². The standard InChI is InChI=1S/C47H55BO2/c1-43(2)44(3,4)50-48(49-43)41-22-16-36(17-23-41)42-24-26-47(25-8-9-37(42)33-47)40-20-14-35(15-21-40)34-12-18-39(19-13-34)46-30-27-45(28-31-46,29-32-46)38-10-6-5-7-11-38/h5-7,10-23,37,42H,8-9,24-33H2,1-4H3. The van der Waals surface area contributed by atoms with Crippen LogP contribution in [0, 0.1) is 5.92 Å². The van der Waals surface area contributed by atoms with Crippen LogP contribution in [0.4, 0.5) is 0 Å². The summed E-state index contributed by atoms with van der Waals surface area (Å²) >= 11 is 0. The molecule has 1 saturated heterocycles. The Hall–Kier alpha value is -3.14. The lowest BCUT2D eigenvalue weighted by Gasteiger charge is -2.54. The molecule has 10 rings (SSSR count). The summed E-state index contributed by atoms with van der Waals surface area (Å²) in [5, 5.41) is 0. The molecule has 2 nitrogen and oxygen atoms in total. The van der Waals surface area contributed by atoms with Gasteiger partial charge in [0.15, 0.2) is 0 Å². The van der Waals surface area contributed by atoms with E-state index in [1.165, 1.54) is 93.7 Å². The van der Waals surface area contributed by atoms with Gasteiger partial charge >= 0.3 is 7.12 Å². The summed E-state index contributed by atoms with van der Waals surface area (Å²) in [5.74, 6) is 1.40. The van der Waals surface area contributed by atoms with Crippen molar-refractivity contribution >= 4 is 12.6 Å². The van der Waals surface area contributed by atoms with Gasteiger partial charge in [-0.15, -0.1) is 0 Å². The second-order valence-corrected chi connectivity index (χ2v) is 18.1. The molecule has 5 aliphatic carbocycles. The largest absolute Gasteiger partial charge is 0.494 e. The van der Waals surface area contributed by atoms with E-state index in [1.807, 2.05) is 0 Å². The molecule has 50 heavy (non-hydrogen) atoms. The first-order chi connectivity index (χ1) is 24.1. The fraction of sp³-hybridized carbons (Fsp3) is 0.489. The van der Waals surface area contributed by atoms with Gasteiger partial charge in [0.25, 0.3) is 0 Å². The molecule has 4 aromatic rings. The number of hydrogen-bond donors (Lipinski definition) is 0. The van der Waals surface area contributed by atoms with Crippen molar-refractivity contribution in [3.63, 3.8) is 0 Å². The Balaban J connectivity index is 0.860. The summed E-state index contributed by atoms with van der Waals surface area (Å²) in [7, 11) is -0.289. The summed E-state index contributed by atoms with van der Waals surface area (Å²) in [6.45, 7) is 8.52. The van der Waals surface area contributed by atoms with E-state index in [1.54, 1.807) is 16.7 Å². The number of rotatable bonds is 6. The molecule has 0 radical (unpaired) electrons. The van der Waals surface area contributed by atoms with Crippen LogP contribution in [0.2, 0.25) is 0 Å². The topological polar surface area (TPSA) is 18.5 Å². The SMILES string of the molecule is CC1(C)OB(c2ccc(C3CCC4(c5ccc(-c6ccc(C78CCC(c9ccccc9)(CC7)CC8)cc6)cc5)CCCC3C4)cc2)OC1(C)C. The molecule has 6 aliphatic rings. The molecule has 1 aliphatic heterocycles. The fourth-order valence-electron chi connectivity index (χ4n) is 11.2. The average molecular weight is 663 g/mol. The maximum Gasteiger partial charge on any atom is 0.494 e. The van der Waals surface area contributed by atoms with Gasteiger partial charge in [0.2, 0.25) is 0 Å². The highest BCUT2D eigenvalue weighted by atomic mass is 16.7. The van der Waals surface area contributed by atoms with E-state index >= 15 is 0 Å². The molecule has 6 fully saturated rings. The molecule has 0 spiro atoms. The van der Waals surface area contributed by atoms with Gasteiger partial charge in [-0.3, -0.25) is 0 Å². The van der Waals surface area contributed by atoms with Crippen LogP contribution >= 0.6 is 0 Å². The number of hydrogen-bond acceptors (Lipinski definition) is 2. The Bertz CT molecular complexity index is 1780. The highest BCUT2D eigenvalue weighted by molar-refractivity contribution is 6.62. The third kappa shape index (κ3) is 5.36. The van der Waals surface area contributed by atoms with Crippen molar-refractivity contribution in [2.45, 2.75) is 138 Å². The molecule has 3 heteroatoms. The minimum absolute atomic E-state index is 0.289. The zero-order valence-corrected chi connectivity index (χ0v) is 30.8. The van der Waals surface area contributed by atoms with Gasteiger partial charge in [-0.2, -0.15) is 0 Å². The summed E-state index contributed by atoms with van der Waals surface area (Å²) in [4.78, 5) is 0. The summed E-state index contributed by atoms with van der Waals surface area (Å²) in [6.07, 6.45) is 15.9. The molecule has 3 unspecified atom stereocenters. The lowest BCUT2D eigenvalue weighted by molar-refractivity contribution is 0.00578. The second-order valence-electron chi connectivity index (χ2n) is 18.1. The third-order valence-corrected chi connectivity index (χ3v) is 15.2.